The van der Waals surface area contributed by atoms with Crippen molar-refractivity contribution in [3.8, 4) is 5.75 Å². The molecular weight excluding hydrogens is 364 g/mol. The van der Waals surface area contributed by atoms with Gasteiger partial charge in [0.1, 0.15) is 5.75 Å². The van der Waals surface area contributed by atoms with Crippen molar-refractivity contribution in [3.05, 3.63) is 29.8 Å². The van der Waals surface area contributed by atoms with Gasteiger partial charge in [-0.15, -0.1) is 0 Å². The first-order valence-electron chi connectivity index (χ1n) is 11.3. The van der Waals surface area contributed by atoms with Crippen LogP contribution in [0.2, 0.25) is 0 Å². The van der Waals surface area contributed by atoms with Crippen LogP contribution in [0.3, 0.4) is 0 Å². The van der Waals surface area contributed by atoms with E-state index >= 15 is 0 Å². The van der Waals surface area contributed by atoms with Gasteiger partial charge in [-0.3, -0.25) is 9.89 Å². The number of rotatable bonds is 7. The van der Waals surface area contributed by atoms with E-state index in [-0.39, 0.29) is 0 Å². The summed E-state index contributed by atoms with van der Waals surface area (Å²) < 4.78 is 5.18. The van der Waals surface area contributed by atoms with E-state index in [0.717, 1.165) is 36.4 Å². The molecule has 3 rings (SSSR count). The van der Waals surface area contributed by atoms with Crippen molar-refractivity contribution in [2.45, 2.75) is 70.1 Å². The van der Waals surface area contributed by atoms with Crippen molar-refractivity contribution < 1.29 is 9.84 Å². The van der Waals surface area contributed by atoms with Gasteiger partial charge in [-0.1, -0.05) is 31.4 Å². The molecule has 1 aromatic rings. The third-order valence-corrected chi connectivity index (χ3v) is 6.15. The van der Waals surface area contributed by atoms with Gasteiger partial charge in [0.2, 0.25) is 0 Å². The molecule has 0 amide bonds. The first-order valence-corrected chi connectivity index (χ1v) is 11.3. The fourth-order valence-corrected chi connectivity index (χ4v) is 4.52. The molecule has 2 atom stereocenters. The van der Waals surface area contributed by atoms with Crippen LogP contribution in [0.15, 0.2) is 29.3 Å². The van der Waals surface area contributed by atoms with Crippen LogP contribution in [0.25, 0.3) is 0 Å². The highest BCUT2D eigenvalue weighted by atomic mass is 16.5. The van der Waals surface area contributed by atoms with Crippen molar-refractivity contribution in [1.29, 1.82) is 0 Å². The average Bonchev–Trinajstić information content (AvgIpc) is 2.78. The number of hydrogen-bond acceptors (Lipinski definition) is 4. The maximum absolute atomic E-state index is 10.5. The van der Waals surface area contributed by atoms with Crippen LogP contribution >= 0.6 is 0 Å². The molecule has 0 radical (unpaired) electrons. The second kappa shape index (κ2) is 11.4. The van der Waals surface area contributed by atoms with Crippen molar-refractivity contribution in [2.75, 3.05) is 33.3 Å². The van der Waals surface area contributed by atoms with Crippen LogP contribution in [0, 0.1) is 0 Å². The Bertz CT molecular complexity index is 628. The lowest BCUT2D eigenvalue weighted by molar-refractivity contribution is 0.115. The summed E-state index contributed by atoms with van der Waals surface area (Å²) in [6, 6.07) is 8.71. The average molecular weight is 403 g/mol. The fraction of sp³-hybridized carbons (Fsp3) is 0.696. The van der Waals surface area contributed by atoms with Crippen LogP contribution in [-0.4, -0.2) is 61.3 Å². The maximum Gasteiger partial charge on any atom is 0.191 e. The van der Waals surface area contributed by atoms with Crippen LogP contribution in [-0.2, 0) is 0 Å². The first kappa shape index (κ1) is 21.9. The molecule has 1 aromatic carbocycles. The van der Waals surface area contributed by atoms with Gasteiger partial charge in [0.15, 0.2) is 5.96 Å². The molecular formula is C23H38N4O2. The summed E-state index contributed by atoms with van der Waals surface area (Å²) in [6.45, 7) is 5.54. The van der Waals surface area contributed by atoms with Gasteiger partial charge in [0.05, 0.1) is 19.8 Å². The zero-order chi connectivity index (χ0) is 20.5. The van der Waals surface area contributed by atoms with E-state index in [0.29, 0.717) is 12.6 Å². The normalized spacial score (nSPS) is 22.9. The van der Waals surface area contributed by atoms with Gasteiger partial charge >= 0.3 is 0 Å². The Morgan fingerprint density at radius 2 is 1.93 bits per heavy atom. The number of guanidine groups is 1. The van der Waals surface area contributed by atoms with Crippen LogP contribution in [0.5, 0.6) is 5.75 Å². The maximum atomic E-state index is 10.5. The summed E-state index contributed by atoms with van der Waals surface area (Å²) in [4.78, 5) is 7.35. The zero-order valence-corrected chi connectivity index (χ0v) is 18.1. The van der Waals surface area contributed by atoms with E-state index in [4.69, 9.17) is 4.74 Å². The number of likely N-dealkylation sites (tertiary alicyclic amines) is 1. The summed E-state index contributed by atoms with van der Waals surface area (Å²) in [6.07, 6.45) is 8.67. The molecule has 3 N–H and O–H groups in total. The molecule has 1 saturated heterocycles. The Morgan fingerprint density at radius 1 is 1.17 bits per heavy atom. The predicted octanol–water partition coefficient (Wildman–Crippen LogP) is 3.08. The Hall–Kier alpha value is -1.79. The van der Waals surface area contributed by atoms with Crippen molar-refractivity contribution in [3.63, 3.8) is 0 Å². The summed E-state index contributed by atoms with van der Waals surface area (Å²) in [7, 11) is 1.64. The highest BCUT2D eigenvalue weighted by Gasteiger charge is 2.27. The number of aliphatic imine (C=N–C) groups is 1. The van der Waals surface area contributed by atoms with Crippen molar-refractivity contribution in [1.82, 2.24) is 15.5 Å². The molecule has 0 spiro atoms. The molecule has 0 aromatic heterocycles. The van der Waals surface area contributed by atoms with Gasteiger partial charge in [-0.05, 0) is 56.8 Å². The molecule has 1 heterocycles. The van der Waals surface area contributed by atoms with E-state index in [1.807, 2.05) is 24.3 Å². The van der Waals surface area contributed by atoms with Gasteiger partial charge in [-0.2, -0.15) is 0 Å². The number of ether oxygens (including phenoxy) is 1. The standard InChI is InChI=1S/C23H38N4O2/c1-3-24-23(25-16-22(28)18-11-13-21(29-2)14-12-18)26-19-8-7-15-27(17-19)20-9-5-4-6-10-20/h11-14,19-20,22,28H,3-10,15-17H2,1-2H3,(H2,24,25,26). The minimum atomic E-state index is -0.624. The monoisotopic (exact) mass is 402 g/mol. The van der Waals surface area contributed by atoms with Crippen molar-refractivity contribution >= 4 is 5.96 Å². The summed E-state index contributed by atoms with van der Waals surface area (Å²) in [5, 5.41) is 17.5. The third kappa shape index (κ3) is 6.61. The lowest BCUT2D eigenvalue weighted by Gasteiger charge is -2.40. The largest absolute Gasteiger partial charge is 0.497 e. The van der Waals surface area contributed by atoms with Crippen LogP contribution < -0.4 is 15.4 Å². The number of benzene rings is 1. The van der Waals surface area contributed by atoms with Gasteiger partial charge < -0.3 is 20.5 Å². The van der Waals surface area contributed by atoms with Crippen LogP contribution in [0.4, 0.5) is 0 Å². The van der Waals surface area contributed by atoms with E-state index in [2.05, 4.69) is 27.4 Å². The molecule has 1 aliphatic heterocycles. The molecule has 2 unspecified atom stereocenters. The zero-order valence-electron chi connectivity index (χ0n) is 18.1. The molecule has 6 heteroatoms. The number of piperidine rings is 1. The van der Waals surface area contributed by atoms with Gasteiger partial charge in [0, 0.05) is 25.2 Å². The Balaban J connectivity index is 1.55. The summed E-state index contributed by atoms with van der Waals surface area (Å²) in [5.74, 6) is 1.59. The molecule has 162 valence electrons. The number of nitrogens with zero attached hydrogens (tertiary/aromatic N) is 2. The highest BCUT2D eigenvalue weighted by Crippen LogP contribution is 2.25. The molecule has 1 aliphatic carbocycles. The molecule has 0 bridgehead atoms. The minimum absolute atomic E-state index is 0.334. The van der Waals surface area contributed by atoms with Gasteiger partial charge in [0.25, 0.3) is 0 Å². The lowest BCUT2D eigenvalue weighted by atomic mass is 9.92. The number of methoxy groups -OCH3 is 1. The quantitative estimate of drug-likeness (QED) is 0.483. The smallest absolute Gasteiger partial charge is 0.191 e. The molecule has 29 heavy (non-hydrogen) atoms. The van der Waals surface area contributed by atoms with Gasteiger partial charge in [-0.25, -0.2) is 0 Å². The van der Waals surface area contributed by atoms with E-state index < -0.39 is 6.10 Å². The van der Waals surface area contributed by atoms with E-state index in [1.165, 1.54) is 51.5 Å². The predicted molar refractivity (Wildman–Crippen MR) is 119 cm³/mol. The number of aliphatic hydroxyl groups excluding tert-OH is 1. The van der Waals surface area contributed by atoms with E-state index in [1.54, 1.807) is 7.11 Å². The number of aliphatic hydroxyl groups is 1. The second-order valence-electron chi connectivity index (χ2n) is 8.28. The second-order valence-corrected chi connectivity index (χ2v) is 8.28. The minimum Gasteiger partial charge on any atom is -0.497 e. The van der Waals surface area contributed by atoms with E-state index in [9.17, 15) is 5.11 Å². The SMILES string of the molecule is CCNC(=NCC(O)c1ccc(OC)cc1)NC1CCCN(C2CCCCC2)C1. The number of nitrogens with one attached hydrogen (secondary N) is 2. The van der Waals surface area contributed by atoms with Crippen molar-refractivity contribution in [2.24, 2.45) is 4.99 Å². The molecule has 6 nitrogen and oxygen atoms in total. The third-order valence-electron chi connectivity index (χ3n) is 6.15. The fourth-order valence-electron chi connectivity index (χ4n) is 4.52. The topological polar surface area (TPSA) is 69.1 Å². The molecule has 2 fully saturated rings. The molecule has 2 aliphatic rings. The summed E-state index contributed by atoms with van der Waals surface area (Å²) >= 11 is 0. The lowest BCUT2D eigenvalue weighted by Crippen LogP contribution is -2.53. The highest BCUT2D eigenvalue weighted by molar-refractivity contribution is 5.80. The Labute approximate surface area is 175 Å². The molecule has 1 saturated carbocycles. The summed E-state index contributed by atoms with van der Waals surface area (Å²) in [5.41, 5.74) is 0.853. The number of hydrogen-bond donors (Lipinski definition) is 3. The Morgan fingerprint density at radius 3 is 2.62 bits per heavy atom. The first-order chi connectivity index (χ1) is 14.2. The Kier molecular flexibility index (Phi) is 8.62. The van der Waals surface area contributed by atoms with Crippen LogP contribution in [0.1, 0.15) is 63.5 Å².